The molecule has 0 aromatic heterocycles. The molecule has 2 aromatic rings. The maximum absolute atomic E-state index is 12.7. The fourth-order valence-corrected chi connectivity index (χ4v) is 4.83. The molecule has 1 saturated heterocycles. The van der Waals surface area contributed by atoms with Crippen LogP contribution < -0.4 is 10.1 Å². The van der Waals surface area contributed by atoms with Crippen molar-refractivity contribution in [1.29, 1.82) is 0 Å². The standard InChI is InChI=1S/C21H25ClN2O4S/c1-2-20(28-18-10-6-16(22)7-11-18)21(25)23-17-8-12-19(13-9-17)29(26,27)24-14-4-3-5-15-24/h6-13,20H,2-5,14-15H2,1H3,(H,23,25). The monoisotopic (exact) mass is 436 g/mol. The minimum Gasteiger partial charge on any atom is -0.481 e. The molecule has 2 aromatic carbocycles. The molecule has 1 heterocycles. The van der Waals surface area contributed by atoms with E-state index in [0.717, 1.165) is 19.3 Å². The molecule has 3 rings (SSSR count). The van der Waals surface area contributed by atoms with Gasteiger partial charge in [-0.1, -0.05) is 24.9 Å². The lowest BCUT2D eigenvalue weighted by Crippen LogP contribution is -2.35. The SMILES string of the molecule is CCC(Oc1ccc(Cl)cc1)C(=O)Nc1ccc(S(=O)(=O)N2CCCCC2)cc1. The van der Waals surface area contributed by atoms with Crippen molar-refractivity contribution in [3.8, 4) is 5.75 Å². The maximum Gasteiger partial charge on any atom is 0.265 e. The Morgan fingerprint density at radius 1 is 1.07 bits per heavy atom. The van der Waals surface area contributed by atoms with Crippen LogP contribution in [0.25, 0.3) is 0 Å². The van der Waals surface area contributed by atoms with Crippen molar-refractivity contribution in [2.75, 3.05) is 18.4 Å². The van der Waals surface area contributed by atoms with Gasteiger partial charge in [0.15, 0.2) is 6.10 Å². The number of sulfonamides is 1. The van der Waals surface area contributed by atoms with Crippen molar-refractivity contribution in [2.45, 2.75) is 43.6 Å². The van der Waals surface area contributed by atoms with Crippen molar-refractivity contribution in [3.63, 3.8) is 0 Å². The highest BCUT2D eigenvalue weighted by Crippen LogP contribution is 2.23. The first-order chi connectivity index (χ1) is 13.9. The van der Waals surface area contributed by atoms with Crippen LogP contribution in [-0.2, 0) is 14.8 Å². The summed E-state index contributed by atoms with van der Waals surface area (Å²) in [6.45, 7) is 2.97. The molecule has 0 aliphatic carbocycles. The molecule has 1 unspecified atom stereocenters. The summed E-state index contributed by atoms with van der Waals surface area (Å²) in [6.07, 6.45) is 2.65. The van der Waals surface area contributed by atoms with Crippen LogP contribution in [0.3, 0.4) is 0 Å². The van der Waals surface area contributed by atoms with E-state index in [1.54, 1.807) is 36.4 Å². The van der Waals surface area contributed by atoms with Crippen molar-refractivity contribution in [1.82, 2.24) is 4.31 Å². The summed E-state index contributed by atoms with van der Waals surface area (Å²) in [5.41, 5.74) is 0.519. The van der Waals surface area contributed by atoms with Crippen LogP contribution in [0.15, 0.2) is 53.4 Å². The molecule has 8 heteroatoms. The molecule has 1 N–H and O–H groups in total. The molecular formula is C21H25ClN2O4S. The van der Waals surface area contributed by atoms with Crippen molar-refractivity contribution in [3.05, 3.63) is 53.6 Å². The van der Waals surface area contributed by atoms with E-state index in [-0.39, 0.29) is 10.8 Å². The van der Waals surface area contributed by atoms with E-state index in [1.807, 2.05) is 6.92 Å². The summed E-state index contributed by atoms with van der Waals surface area (Å²) in [5, 5.41) is 3.38. The van der Waals surface area contributed by atoms with Crippen LogP contribution in [0.5, 0.6) is 5.75 Å². The lowest BCUT2D eigenvalue weighted by Gasteiger charge is -2.26. The quantitative estimate of drug-likeness (QED) is 0.701. The Balaban J connectivity index is 1.64. The molecule has 1 aliphatic rings. The largest absolute Gasteiger partial charge is 0.481 e. The molecule has 29 heavy (non-hydrogen) atoms. The van der Waals surface area contributed by atoms with Gasteiger partial charge in [0.2, 0.25) is 10.0 Å². The zero-order valence-corrected chi connectivity index (χ0v) is 17.9. The van der Waals surface area contributed by atoms with Gasteiger partial charge in [0, 0.05) is 23.8 Å². The zero-order chi connectivity index (χ0) is 20.9. The average molecular weight is 437 g/mol. The molecule has 0 spiro atoms. The van der Waals surface area contributed by atoms with Crippen LogP contribution in [-0.4, -0.2) is 37.8 Å². The van der Waals surface area contributed by atoms with Crippen LogP contribution in [0.4, 0.5) is 5.69 Å². The first-order valence-corrected chi connectivity index (χ1v) is 11.6. The highest BCUT2D eigenvalue weighted by Gasteiger charge is 2.26. The molecule has 1 fully saturated rings. The van der Waals surface area contributed by atoms with Gasteiger partial charge in [-0.2, -0.15) is 4.31 Å². The van der Waals surface area contributed by atoms with Gasteiger partial charge in [-0.25, -0.2) is 8.42 Å². The summed E-state index contributed by atoms with van der Waals surface area (Å²) in [7, 11) is -3.49. The van der Waals surface area contributed by atoms with Crippen molar-refractivity contribution >= 4 is 33.2 Å². The Bertz CT molecular complexity index is 924. The van der Waals surface area contributed by atoms with E-state index in [4.69, 9.17) is 16.3 Å². The molecule has 1 atom stereocenters. The van der Waals surface area contributed by atoms with Crippen LogP contribution >= 0.6 is 11.6 Å². The highest BCUT2D eigenvalue weighted by molar-refractivity contribution is 7.89. The number of anilines is 1. The second-order valence-corrected chi connectivity index (χ2v) is 9.32. The Labute approximate surface area is 176 Å². The number of hydrogen-bond donors (Lipinski definition) is 1. The van der Waals surface area contributed by atoms with Gasteiger partial charge < -0.3 is 10.1 Å². The van der Waals surface area contributed by atoms with E-state index in [2.05, 4.69) is 5.32 Å². The predicted molar refractivity (Wildman–Crippen MR) is 114 cm³/mol. The minimum atomic E-state index is -3.49. The number of piperidine rings is 1. The number of ether oxygens (including phenoxy) is 1. The highest BCUT2D eigenvalue weighted by atomic mass is 35.5. The third-order valence-corrected chi connectivity index (χ3v) is 6.99. The van der Waals surface area contributed by atoms with Crippen molar-refractivity contribution in [2.24, 2.45) is 0 Å². The summed E-state index contributed by atoms with van der Waals surface area (Å²) in [5.74, 6) is 0.258. The van der Waals surface area contributed by atoms with Gasteiger partial charge in [-0.15, -0.1) is 0 Å². The van der Waals surface area contributed by atoms with Gasteiger partial charge >= 0.3 is 0 Å². The topological polar surface area (TPSA) is 75.7 Å². The number of carbonyl (C=O) groups is 1. The normalized spacial score (nSPS) is 16.2. The third-order valence-electron chi connectivity index (χ3n) is 4.83. The van der Waals surface area contributed by atoms with E-state index in [1.165, 1.54) is 16.4 Å². The van der Waals surface area contributed by atoms with E-state index < -0.39 is 16.1 Å². The number of carbonyl (C=O) groups excluding carboxylic acids is 1. The molecule has 0 radical (unpaired) electrons. The molecular weight excluding hydrogens is 412 g/mol. The van der Waals surface area contributed by atoms with Gasteiger partial charge in [0.1, 0.15) is 5.75 Å². The van der Waals surface area contributed by atoms with Crippen molar-refractivity contribution < 1.29 is 17.9 Å². The van der Waals surface area contributed by atoms with Crippen LogP contribution in [0, 0.1) is 0 Å². The predicted octanol–water partition coefficient (Wildman–Crippen LogP) is 4.31. The molecule has 0 bridgehead atoms. The lowest BCUT2D eigenvalue weighted by molar-refractivity contribution is -0.122. The maximum atomic E-state index is 12.7. The Kier molecular flexibility index (Phi) is 7.16. The van der Waals surface area contributed by atoms with Gasteiger partial charge in [0.25, 0.3) is 5.91 Å². The number of nitrogens with one attached hydrogen (secondary N) is 1. The molecule has 6 nitrogen and oxygen atoms in total. The second-order valence-electron chi connectivity index (χ2n) is 6.95. The van der Waals surface area contributed by atoms with E-state index in [0.29, 0.717) is 36.0 Å². The van der Waals surface area contributed by atoms with Crippen LogP contribution in [0.1, 0.15) is 32.6 Å². The van der Waals surface area contributed by atoms with E-state index in [9.17, 15) is 13.2 Å². The first-order valence-electron chi connectivity index (χ1n) is 9.73. The van der Waals surface area contributed by atoms with Gasteiger partial charge in [-0.3, -0.25) is 4.79 Å². The fourth-order valence-electron chi connectivity index (χ4n) is 3.19. The minimum absolute atomic E-state index is 0.238. The average Bonchev–Trinajstić information content (AvgIpc) is 2.74. The number of benzene rings is 2. The molecule has 1 amide bonds. The molecule has 156 valence electrons. The Hall–Kier alpha value is -2.09. The van der Waals surface area contributed by atoms with Crippen LogP contribution in [0.2, 0.25) is 5.02 Å². The molecule has 0 saturated carbocycles. The smallest absolute Gasteiger partial charge is 0.265 e. The second kappa shape index (κ2) is 9.61. The number of hydrogen-bond acceptors (Lipinski definition) is 4. The third kappa shape index (κ3) is 5.50. The van der Waals surface area contributed by atoms with E-state index >= 15 is 0 Å². The van der Waals surface area contributed by atoms with Gasteiger partial charge in [-0.05, 0) is 67.8 Å². The fraction of sp³-hybridized carbons (Fsp3) is 0.381. The molecule has 1 aliphatic heterocycles. The Morgan fingerprint density at radius 2 is 1.69 bits per heavy atom. The number of rotatable bonds is 7. The number of nitrogens with zero attached hydrogens (tertiary/aromatic N) is 1. The summed E-state index contributed by atoms with van der Waals surface area (Å²) < 4.78 is 32.7. The number of halogens is 1. The summed E-state index contributed by atoms with van der Waals surface area (Å²) in [6, 6.07) is 13.1. The lowest BCUT2D eigenvalue weighted by atomic mass is 10.2. The summed E-state index contributed by atoms with van der Waals surface area (Å²) >= 11 is 5.87. The Morgan fingerprint density at radius 3 is 2.28 bits per heavy atom. The first kappa shape index (κ1) is 21.6. The number of amides is 1. The zero-order valence-electron chi connectivity index (χ0n) is 16.3. The van der Waals surface area contributed by atoms with Gasteiger partial charge in [0.05, 0.1) is 4.90 Å². The summed E-state index contributed by atoms with van der Waals surface area (Å²) in [4.78, 5) is 12.8.